The largest absolute Gasteiger partial charge is 0.373 e. The molecule has 0 heterocycles. The molecule has 110 valence electrons. The van der Waals surface area contributed by atoms with Crippen LogP contribution in [-0.4, -0.2) is 4.92 Å². The summed E-state index contributed by atoms with van der Waals surface area (Å²) in [5.74, 6) is -0.619. The summed E-state index contributed by atoms with van der Waals surface area (Å²) in [5.41, 5.74) is 3.35. The Kier molecular flexibility index (Phi) is 4.21. The molecule has 0 amide bonds. The Morgan fingerprint density at radius 3 is 2.57 bits per heavy atom. The van der Waals surface area contributed by atoms with Crippen LogP contribution in [0.25, 0.3) is 0 Å². The fraction of sp³-hybridized carbons (Fsp3) is 0.250. The van der Waals surface area contributed by atoms with Crippen molar-refractivity contribution in [3.63, 3.8) is 0 Å². The molecule has 21 heavy (non-hydrogen) atoms. The van der Waals surface area contributed by atoms with Crippen molar-refractivity contribution >= 4 is 11.4 Å². The highest BCUT2D eigenvalue weighted by molar-refractivity contribution is 5.62. The van der Waals surface area contributed by atoms with Gasteiger partial charge < -0.3 is 5.32 Å². The van der Waals surface area contributed by atoms with Gasteiger partial charge in [-0.2, -0.15) is 0 Å². The fourth-order valence-corrected chi connectivity index (χ4v) is 2.32. The highest BCUT2D eigenvalue weighted by atomic mass is 19.1. The summed E-state index contributed by atoms with van der Waals surface area (Å²) in [7, 11) is 0. The van der Waals surface area contributed by atoms with Crippen LogP contribution in [0, 0.1) is 29.8 Å². The molecule has 2 aromatic rings. The lowest BCUT2D eigenvalue weighted by molar-refractivity contribution is -0.384. The molecule has 0 fully saturated rings. The molecular weight excluding hydrogens is 271 g/mol. The topological polar surface area (TPSA) is 55.2 Å². The number of nitro groups is 1. The van der Waals surface area contributed by atoms with Gasteiger partial charge in [0, 0.05) is 6.04 Å². The van der Waals surface area contributed by atoms with Gasteiger partial charge in [-0.15, -0.1) is 0 Å². The molecule has 1 unspecified atom stereocenters. The van der Waals surface area contributed by atoms with Gasteiger partial charge in [0.25, 0.3) is 5.69 Å². The van der Waals surface area contributed by atoms with Crippen molar-refractivity contribution < 1.29 is 9.31 Å². The van der Waals surface area contributed by atoms with Crippen molar-refractivity contribution in [1.29, 1.82) is 0 Å². The molecule has 0 bridgehead atoms. The van der Waals surface area contributed by atoms with Gasteiger partial charge in [0.05, 0.1) is 11.0 Å². The van der Waals surface area contributed by atoms with Crippen molar-refractivity contribution in [3.05, 3.63) is 69.0 Å². The minimum atomic E-state index is -0.619. The van der Waals surface area contributed by atoms with E-state index in [2.05, 4.69) is 5.32 Å². The minimum Gasteiger partial charge on any atom is -0.373 e. The van der Waals surface area contributed by atoms with E-state index in [1.165, 1.54) is 12.1 Å². The summed E-state index contributed by atoms with van der Waals surface area (Å²) >= 11 is 0. The van der Waals surface area contributed by atoms with Crippen LogP contribution in [-0.2, 0) is 0 Å². The number of hydrogen-bond acceptors (Lipinski definition) is 3. The average Bonchev–Trinajstić information content (AvgIpc) is 2.43. The normalized spacial score (nSPS) is 12.0. The third-order valence-corrected chi connectivity index (χ3v) is 3.43. The van der Waals surface area contributed by atoms with Crippen molar-refractivity contribution in [1.82, 2.24) is 0 Å². The highest BCUT2D eigenvalue weighted by Gasteiger charge is 2.17. The first-order valence-electron chi connectivity index (χ1n) is 6.66. The van der Waals surface area contributed by atoms with E-state index in [1.807, 2.05) is 39.0 Å². The summed E-state index contributed by atoms with van der Waals surface area (Å²) in [6.45, 7) is 5.91. The number of rotatable bonds is 4. The lowest BCUT2D eigenvalue weighted by Crippen LogP contribution is -2.10. The van der Waals surface area contributed by atoms with Gasteiger partial charge in [-0.3, -0.25) is 10.1 Å². The molecule has 4 nitrogen and oxygen atoms in total. The van der Waals surface area contributed by atoms with E-state index in [0.717, 1.165) is 22.8 Å². The number of aryl methyl sites for hydroxylation is 2. The van der Waals surface area contributed by atoms with E-state index in [-0.39, 0.29) is 11.7 Å². The summed E-state index contributed by atoms with van der Waals surface area (Å²) in [6.07, 6.45) is 0. The first kappa shape index (κ1) is 15.0. The molecule has 1 N–H and O–H groups in total. The number of anilines is 1. The Bertz CT molecular complexity index is 686. The molecule has 2 aromatic carbocycles. The summed E-state index contributed by atoms with van der Waals surface area (Å²) in [4.78, 5) is 10.4. The van der Waals surface area contributed by atoms with E-state index in [0.29, 0.717) is 5.69 Å². The predicted octanol–water partition coefficient (Wildman–Crippen LogP) is 4.52. The maximum Gasteiger partial charge on any atom is 0.295 e. The monoisotopic (exact) mass is 288 g/mol. The lowest BCUT2D eigenvalue weighted by atomic mass is 9.99. The van der Waals surface area contributed by atoms with E-state index in [1.54, 1.807) is 0 Å². The molecule has 0 aromatic heterocycles. The number of halogens is 1. The second-order valence-corrected chi connectivity index (χ2v) is 5.14. The lowest BCUT2D eigenvalue weighted by Gasteiger charge is -2.18. The Morgan fingerprint density at radius 2 is 1.90 bits per heavy atom. The number of nitrogens with zero attached hydrogens (tertiary/aromatic N) is 1. The summed E-state index contributed by atoms with van der Waals surface area (Å²) in [6, 6.07) is 9.50. The third-order valence-electron chi connectivity index (χ3n) is 3.43. The first-order valence-corrected chi connectivity index (χ1v) is 6.66. The smallest absolute Gasteiger partial charge is 0.295 e. The molecule has 0 aliphatic heterocycles. The van der Waals surface area contributed by atoms with Gasteiger partial charge in [0.15, 0.2) is 0 Å². The zero-order valence-electron chi connectivity index (χ0n) is 12.2. The fourth-order valence-electron chi connectivity index (χ4n) is 2.32. The van der Waals surface area contributed by atoms with Crippen LogP contribution in [0.2, 0.25) is 0 Å². The first-order chi connectivity index (χ1) is 9.88. The summed E-state index contributed by atoms with van der Waals surface area (Å²) < 4.78 is 13.2. The Labute approximate surface area is 122 Å². The molecule has 0 aliphatic carbocycles. The van der Waals surface area contributed by atoms with Crippen LogP contribution in [0.15, 0.2) is 36.4 Å². The van der Waals surface area contributed by atoms with Crippen LogP contribution in [0.3, 0.4) is 0 Å². The number of hydrogen-bond donors (Lipinski definition) is 1. The molecular formula is C16H17FN2O2. The van der Waals surface area contributed by atoms with E-state index >= 15 is 0 Å². The van der Waals surface area contributed by atoms with Gasteiger partial charge >= 0.3 is 0 Å². The Balaban J connectivity index is 2.33. The molecule has 0 saturated carbocycles. The van der Waals surface area contributed by atoms with Crippen LogP contribution in [0.5, 0.6) is 0 Å². The SMILES string of the molecule is Cc1ccc(C)c(C(C)Nc2ccc(F)cc2[N+](=O)[O-])c1. The van der Waals surface area contributed by atoms with E-state index in [9.17, 15) is 14.5 Å². The second-order valence-electron chi connectivity index (χ2n) is 5.14. The van der Waals surface area contributed by atoms with Crippen LogP contribution < -0.4 is 5.32 Å². The molecule has 5 heteroatoms. The van der Waals surface area contributed by atoms with E-state index < -0.39 is 10.7 Å². The number of benzene rings is 2. The predicted molar refractivity (Wildman–Crippen MR) is 81.0 cm³/mol. The third kappa shape index (κ3) is 3.37. The molecule has 2 rings (SSSR count). The zero-order valence-corrected chi connectivity index (χ0v) is 12.2. The Morgan fingerprint density at radius 1 is 1.19 bits per heavy atom. The molecule has 0 spiro atoms. The van der Waals surface area contributed by atoms with Gasteiger partial charge in [-0.25, -0.2) is 4.39 Å². The molecule has 0 radical (unpaired) electrons. The second kappa shape index (κ2) is 5.91. The number of nitrogens with one attached hydrogen (secondary N) is 1. The standard InChI is InChI=1S/C16H17FN2O2/c1-10-4-5-11(2)14(8-10)12(3)18-15-7-6-13(17)9-16(15)19(20)21/h4-9,12,18H,1-3H3. The molecule has 0 aliphatic rings. The van der Waals surface area contributed by atoms with Gasteiger partial charge in [-0.1, -0.05) is 23.8 Å². The van der Waals surface area contributed by atoms with Gasteiger partial charge in [0.2, 0.25) is 0 Å². The maximum atomic E-state index is 13.2. The van der Waals surface area contributed by atoms with Gasteiger partial charge in [0.1, 0.15) is 11.5 Å². The van der Waals surface area contributed by atoms with Crippen LogP contribution in [0.1, 0.15) is 29.7 Å². The van der Waals surface area contributed by atoms with Crippen molar-refractivity contribution in [2.24, 2.45) is 0 Å². The van der Waals surface area contributed by atoms with Crippen LogP contribution in [0.4, 0.5) is 15.8 Å². The maximum absolute atomic E-state index is 13.2. The van der Waals surface area contributed by atoms with E-state index in [4.69, 9.17) is 0 Å². The summed E-state index contributed by atoms with van der Waals surface area (Å²) in [5, 5.41) is 14.1. The Hall–Kier alpha value is -2.43. The van der Waals surface area contributed by atoms with Crippen molar-refractivity contribution in [2.75, 3.05) is 5.32 Å². The minimum absolute atomic E-state index is 0.117. The molecule has 0 saturated heterocycles. The molecule has 1 atom stereocenters. The number of nitro benzene ring substituents is 1. The van der Waals surface area contributed by atoms with Crippen LogP contribution >= 0.6 is 0 Å². The quantitative estimate of drug-likeness (QED) is 0.664. The van der Waals surface area contributed by atoms with Crippen molar-refractivity contribution in [2.45, 2.75) is 26.8 Å². The van der Waals surface area contributed by atoms with Gasteiger partial charge in [-0.05, 0) is 44.0 Å². The van der Waals surface area contributed by atoms with Crippen molar-refractivity contribution in [3.8, 4) is 0 Å². The average molecular weight is 288 g/mol. The zero-order chi connectivity index (χ0) is 15.6. The highest BCUT2D eigenvalue weighted by Crippen LogP contribution is 2.30.